The summed E-state index contributed by atoms with van der Waals surface area (Å²) < 4.78 is 5.24. The molecule has 4 heteroatoms. The van der Waals surface area contributed by atoms with Gasteiger partial charge in [0.05, 0.1) is 6.61 Å². The summed E-state index contributed by atoms with van der Waals surface area (Å²) in [7, 11) is 0. The maximum atomic E-state index is 12.1. The molecule has 1 aliphatic rings. The third-order valence-corrected chi connectivity index (χ3v) is 4.46. The molecule has 2 unspecified atom stereocenters. The van der Waals surface area contributed by atoms with Crippen molar-refractivity contribution in [2.45, 2.75) is 57.2 Å². The van der Waals surface area contributed by atoms with Gasteiger partial charge in [0.25, 0.3) is 0 Å². The van der Waals surface area contributed by atoms with Gasteiger partial charge in [-0.05, 0) is 44.9 Å². The Bertz CT molecular complexity index is 248. The molecule has 1 fully saturated rings. The quantitative estimate of drug-likeness (QED) is 0.713. The molecule has 1 N–H and O–H groups in total. The number of thioether (sulfide) groups is 1. The third-order valence-electron chi connectivity index (χ3n) is 3.25. The van der Waals surface area contributed by atoms with Crippen molar-refractivity contribution in [3.63, 3.8) is 0 Å². The van der Waals surface area contributed by atoms with Crippen molar-refractivity contribution in [2.24, 2.45) is 0 Å². The second-order valence-electron chi connectivity index (χ2n) is 4.55. The molecule has 0 saturated heterocycles. The van der Waals surface area contributed by atoms with Crippen LogP contribution in [0.15, 0.2) is 0 Å². The van der Waals surface area contributed by atoms with Gasteiger partial charge in [0.1, 0.15) is 5.54 Å². The number of nitrogens with one attached hydrogen (secondary N) is 1. The summed E-state index contributed by atoms with van der Waals surface area (Å²) in [4.78, 5) is 12.1. The van der Waals surface area contributed by atoms with Gasteiger partial charge < -0.3 is 10.1 Å². The first-order valence-corrected chi connectivity index (χ1v) is 7.77. The van der Waals surface area contributed by atoms with Gasteiger partial charge in [0.15, 0.2) is 0 Å². The highest BCUT2D eigenvalue weighted by atomic mass is 32.2. The normalized spacial score (nSPS) is 28.3. The molecular formula is C13H25NO2S. The molecule has 0 aliphatic heterocycles. The van der Waals surface area contributed by atoms with Gasteiger partial charge in [-0.1, -0.05) is 13.8 Å². The molecule has 0 spiro atoms. The first kappa shape index (κ1) is 14.8. The minimum absolute atomic E-state index is 0.0485. The molecule has 0 bridgehead atoms. The van der Waals surface area contributed by atoms with Crippen molar-refractivity contribution in [1.82, 2.24) is 5.32 Å². The van der Waals surface area contributed by atoms with E-state index in [1.165, 1.54) is 0 Å². The maximum absolute atomic E-state index is 12.1. The van der Waals surface area contributed by atoms with E-state index in [1.807, 2.05) is 18.7 Å². The molecular weight excluding hydrogens is 234 g/mol. The highest BCUT2D eigenvalue weighted by Crippen LogP contribution is 2.37. The first-order chi connectivity index (χ1) is 8.18. The van der Waals surface area contributed by atoms with E-state index in [-0.39, 0.29) is 5.97 Å². The fourth-order valence-corrected chi connectivity index (χ4v) is 3.59. The lowest BCUT2D eigenvalue weighted by atomic mass is 9.97. The van der Waals surface area contributed by atoms with Gasteiger partial charge in [-0.3, -0.25) is 4.79 Å². The second-order valence-corrected chi connectivity index (χ2v) is 6.13. The van der Waals surface area contributed by atoms with Gasteiger partial charge in [0.2, 0.25) is 0 Å². The molecule has 1 saturated carbocycles. The van der Waals surface area contributed by atoms with Crippen LogP contribution in [0.1, 0.15) is 46.5 Å². The van der Waals surface area contributed by atoms with Crippen molar-refractivity contribution < 1.29 is 9.53 Å². The van der Waals surface area contributed by atoms with Crippen molar-refractivity contribution in [2.75, 3.05) is 18.9 Å². The summed E-state index contributed by atoms with van der Waals surface area (Å²) in [5.74, 6) is 1.07. The molecule has 0 aromatic heterocycles. The highest BCUT2D eigenvalue weighted by Gasteiger charge is 2.45. The van der Waals surface area contributed by atoms with Crippen molar-refractivity contribution in [1.29, 1.82) is 0 Å². The van der Waals surface area contributed by atoms with Gasteiger partial charge in [-0.25, -0.2) is 0 Å². The number of hydrogen-bond donors (Lipinski definition) is 1. The van der Waals surface area contributed by atoms with E-state index >= 15 is 0 Å². The molecule has 1 aliphatic carbocycles. The van der Waals surface area contributed by atoms with E-state index in [4.69, 9.17) is 4.74 Å². The van der Waals surface area contributed by atoms with Crippen LogP contribution < -0.4 is 5.32 Å². The lowest BCUT2D eigenvalue weighted by molar-refractivity contribution is -0.151. The summed E-state index contributed by atoms with van der Waals surface area (Å²) >= 11 is 1.96. The zero-order chi connectivity index (χ0) is 12.7. The van der Waals surface area contributed by atoms with Gasteiger partial charge in [-0.2, -0.15) is 11.8 Å². The van der Waals surface area contributed by atoms with E-state index < -0.39 is 5.54 Å². The molecule has 0 heterocycles. The smallest absolute Gasteiger partial charge is 0.326 e. The second kappa shape index (κ2) is 7.27. The Morgan fingerprint density at radius 3 is 2.82 bits per heavy atom. The van der Waals surface area contributed by atoms with Crippen LogP contribution >= 0.6 is 11.8 Å². The third kappa shape index (κ3) is 3.88. The Morgan fingerprint density at radius 2 is 2.24 bits per heavy atom. The lowest BCUT2D eigenvalue weighted by Gasteiger charge is -2.28. The topological polar surface area (TPSA) is 38.3 Å². The van der Waals surface area contributed by atoms with Crippen molar-refractivity contribution >= 4 is 17.7 Å². The Balaban J connectivity index is 2.64. The molecule has 100 valence electrons. The van der Waals surface area contributed by atoms with E-state index in [1.54, 1.807) is 0 Å². The summed E-state index contributed by atoms with van der Waals surface area (Å²) in [6.45, 7) is 7.54. The van der Waals surface area contributed by atoms with Crippen LogP contribution in [0.4, 0.5) is 0 Å². The predicted octanol–water partition coefficient (Wildman–Crippen LogP) is 2.59. The Kier molecular flexibility index (Phi) is 6.34. The van der Waals surface area contributed by atoms with Crippen LogP contribution in [0.25, 0.3) is 0 Å². The fourth-order valence-electron chi connectivity index (χ4n) is 2.43. The Hall–Kier alpha value is -0.220. The number of hydrogen-bond acceptors (Lipinski definition) is 4. The van der Waals surface area contributed by atoms with Crippen LogP contribution in [-0.4, -0.2) is 35.7 Å². The van der Waals surface area contributed by atoms with Crippen LogP contribution in [0, 0.1) is 0 Å². The van der Waals surface area contributed by atoms with Crippen molar-refractivity contribution in [3.8, 4) is 0 Å². The average Bonchev–Trinajstić information content (AvgIpc) is 2.72. The van der Waals surface area contributed by atoms with Crippen LogP contribution in [-0.2, 0) is 9.53 Å². The molecule has 1 rings (SSSR count). The molecule has 0 aromatic rings. The largest absolute Gasteiger partial charge is 0.465 e. The van der Waals surface area contributed by atoms with Crippen LogP contribution in [0.2, 0.25) is 0 Å². The standard InChI is InChI=1S/C13H25NO2S/c1-4-9-14-13(12(15)16-5-2)8-7-11(10-13)17-6-3/h11,14H,4-10H2,1-3H3. The number of carbonyl (C=O) groups excluding carboxylic acids is 1. The average molecular weight is 259 g/mol. The predicted molar refractivity (Wildman–Crippen MR) is 73.4 cm³/mol. The van der Waals surface area contributed by atoms with Crippen LogP contribution in [0.3, 0.4) is 0 Å². The van der Waals surface area contributed by atoms with E-state index in [0.29, 0.717) is 11.9 Å². The summed E-state index contributed by atoms with van der Waals surface area (Å²) in [6.07, 6.45) is 4.01. The summed E-state index contributed by atoms with van der Waals surface area (Å²) in [5.41, 5.74) is -0.404. The molecule has 0 radical (unpaired) electrons. The fraction of sp³-hybridized carbons (Fsp3) is 0.923. The molecule has 17 heavy (non-hydrogen) atoms. The van der Waals surface area contributed by atoms with E-state index in [2.05, 4.69) is 19.2 Å². The highest BCUT2D eigenvalue weighted by molar-refractivity contribution is 7.99. The number of esters is 1. The number of ether oxygens (including phenoxy) is 1. The Labute approximate surface area is 109 Å². The zero-order valence-corrected chi connectivity index (χ0v) is 12.1. The number of rotatable bonds is 7. The monoisotopic (exact) mass is 259 g/mol. The summed E-state index contributed by atoms with van der Waals surface area (Å²) in [5, 5.41) is 4.04. The maximum Gasteiger partial charge on any atom is 0.326 e. The van der Waals surface area contributed by atoms with Gasteiger partial charge in [0, 0.05) is 5.25 Å². The molecule has 0 amide bonds. The Morgan fingerprint density at radius 1 is 1.47 bits per heavy atom. The SMILES string of the molecule is CCCNC1(C(=O)OCC)CCC(SCC)C1. The van der Waals surface area contributed by atoms with Gasteiger partial charge in [-0.15, -0.1) is 0 Å². The van der Waals surface area contributed by atoms with E-state index in [9.17, 15) is 4.79 Å². The molecule has 2 atom stereocenters. The first-order valence-electron chi connectivity index (χ1n) is 6.72. The van der Waals surface area contributed by atoms with E-state index in [0.717, 1.165) is 38.0 Å². The minimum Gasteiger partial charge on any atom is -0.465 e. The minimum atomic E-state index is -0.404. The number of carbonyl (C=O) groups is 1. The molecule has 0 aromatic carbocycles. The zero-order valence-electron chi connectivity index (χ0n) is 11.3. The molecule has 3 nitrogen and oxygen atoms in total. The van der Waals surface area contributed by atoms with Crippen molar-refractivity contribution in [3.05, 3.63) is 0 Å². The van der Waals surface area contributed by atoms with Crippen LogP contribution in [0.5, 0.6) is 0 Å². The summed E-state index contributed by atoms with van der Waals surface area (Å²) in [6, 6.07) is 0. The van der Waals surface area contributed by atoms with Gasteiger partial charge >= 0.3 is 5.97 Å². The lowest BCUT2D eigenvalue weighted by Crippen LogP contribution is -2.51.